The molecule has 22 heavy (non-hydrogen) atoms. The molecule has 0 saturated carbocycles. The van der Waals surface area contributed by atoms with Crippen LogP contribution in [-0.4, -0.2) is 8.42 Å². The maximum absolute atomic E-state index is 12.9. The summed E-state index contributed by atoms with van der Waals surface area (Å²) in [6.07, 6.45) is -4.78. The van der Waals surface area contributed by atoms with Gasteiger partial charge in [-0.25, -0.2) is 17.5 Å². The van der Waals surface area contributed by atoms with Gasteiger partial charge in [0.05, 0.1) is 10.5 Å². The highest BCUT2D eigenvalue weighted by atomic mass is 32.2. The summed E-state index contributed by atoms with van der Waals surface area (Å²) in [5, 5.41) is 0. The van der Waals surface area contributed by atoms with Crippen molar-refractivity contribution in [1.82, 2.24) is 4.72 Å². The van der Waals surface area contributed by atoms with Crippen molar-refractivity contribution in [2.24, 2.45) is 0 Å². The van der Waals surface area contributed by atoms with Crippen molar-refractivity contribution in [2.75, 3.05) is 0 Å². The standard InChI is InChI=1S/C14H11F4NO2S/c15-11-7-5-10(6-8-11)9-19-22(20,21)13-4-2-1-3-12(13)14(16,17)18/h1-8,19H,9H2. The summed E-state index contributed by atoms with van der Waals surface area (Å²) in [6.45, 7) is -0.241. The third-order valence-electron chi connectivity index (χ3n) is 2.86. The second kappa shape index (κ2) is 6.05. The van der Waals surface area contributed by atoms with E-state index in [4.69, 9.17) is 0 Å². The fourth-order valence-electron chi connectivity index (χ4n) is 1.79. The molecule has 0 spiro atoms. The summed E-state index contributed by atoms with van der Waals surface area (Å²) in [5.74, 6) is -0.492. The van der Waals surface area contributed by atoms with Crippen LogP contribution in [0.3, 0.4) is 0 Å². The molecule has 0 saturated heterocycles. The predicted molar refractivity (Wildman–Crippen MR) is 71.9 cm³/mol. The Morgan fingerprint density at radius 3 is 2.14 bits per heavy atom. The van der Waals surface area contributed by atoms with Crippen LogP contribution in [0.25, 0.3) is 0 Å². The summed E-state index contributed by atoms with van der Waals surface area (Å²) in [7, 11) is -4.35. The van der Waals surface area contributed by atoms with E-state index in [9.17, 15) is 26.0 Å². The van der Waals surface area contributed by atoms with Crippen LogP contribution in [-0.2, 0) is 22.7 Å². The van der Waals surface area contributed by atoms with Gasteiger partial charge in [-0.1, -0.05) is 24.3 Å². The molecule has 1 N–H and O–H groups in total. The Hall–Kier alpha value is -1.93. The van der Waals surface area contributed by atoms with Gasteiger partial charge in [-0.05, 0) is 29.8 Å². The first-order valence-electron chi connectivity index (χ1n) is 6.10. The molecule has 0 atom stereocenters. The molecular weight excluding hydrogens is 322 g/mol. The van der Waals surface area contributed by atoms with E-state index in [2.05, 4.69) is 4.72 Å². The molecule has 2 rings (SSSR count). The van der Waals surface area contributed by atoms with Crippen LogP contribution in [0, 0.1) is 5.82 Å². The summed E-state index contributed by atoms with van der Waals surface area (Å²) >= 11 is 0. The quantitative estimate of drug-likeness (QED) is 0.873. The first kappa shape index (κ1) is 16.4. The van der Waals surface area contributed by atoms with Gasteiger partial charge in [0.25, 0.3) is 0 Å². The van der Waals surface area contributed by atoms with E-state index in [-0.39, 0.29) is 6.54 Å². The van der Waals surface area contributed by atoms with E-state index in [1.165, 1.54) is 18.2 Å². The zero-order valence-corrected chi connectivity index (χ0v) is 11.9. The van der Waals surface area contributed by atoms with Crippen molar-refractivity contribution in [2.45, 2.75) is 17.6 Å². The maximum atomic E-state index is 12.9. The second-order valence-electron chi connectivity index (χ2n) is 4.44. The highest BCUT2D eigenvalue weighted by Crippen LogP contribution is 2.33. The van der Waals surface area contributed by atoms with Gasteiger partial charge in [0.2, 0.25) is 10.0 Å². The monoisotopic (exact) mass is 333 g/mol. The molecule has 0 radical (unpaired) electrons. The number of rotatable bonds is 4. The number of halogens is 4. The number of benzene rings is 2. The predicted octanol–water partition coefficient (Wildman–Crippen LogP) is 3.32. The smallest absolute Gasteiger partial charge is 0.207 e. The molecule has 118 valence electrons. The summed E-state index contributed by atoms with van der Waals surface area (Å²) in [4.78, 5) is -0.843. The van der Waals surface area contributed by atoms with Crippen molar-refractivity contribution in [3.05, 3.63) is 65.5 Å². The molecule has 2 aromatic carbocycles. The van der Waals surface area contributed by atoms with E-state index in [0.29, 0.717) is 11.6 Å². The van der Waals surface area contributed by atoms with Crippen molar-refractivity contribution in [1.29, 1.82) is 0 Å². The Morgan fingerprint density at radius 2 is 1.55 bits per heavy atom. The van der Waals surface area contributed by atoms with Gasteiger partial charge in [0.15, 0.2) is 0 Å². The van der Waals surface area contributed by atoms with Crippen LogP contribution in [0.1, 0.15) is 11.1 Å². The number of hydrogen-bond acceptors (Lipinski definition) is 2. The van der Waals surface area contributed by atoms with E-state index in [1.54, 1.807) is 0 Å². The van der Waals surface area contributed by atoms with Gasteiger partial charge in [0.1, 0.15) is 5.82 Å². The molecule has 0 aliphatic carbocycles. The lowest BCUT2D eigenvalue weighted by molar-refractivity contribution is -0.139. The van der Waals surface area contributed by atoms with Crippen LogP contribution in [0.4, 0.5) is 17.6 Å². The van der Waals surface area contributed by atoms with Crippen molar-refractivity contribution >= 4 is 10.0 Å². The number of alkyl halides is 3. The largest absolute Gasteiger partial charge is 0.417 e. The normalized spacial score (nSPS) is 12.4. The van der Waals surface area contributed by atoms with Crippen LogP contribution in [0.15, 0.2) is 53.4 Å². The molecular formula is C14H11F4NO2S. The van der Waals surface area contributed by atoms with Crippen molar-refractivity contribution in [3.63, 3.8) is 0 Å². The molecule has 2 aromatic rings. The Labute approximate surface area is 124 Å². The van der Waals surface area contributed by atoms with E-state index in [0.717, 1.165) is 24.3 Å². The first-order valence-corrected chi connectivity index (χ1v) is 7.59. The molecule has 8 heteroatoms. The maximum Gasteiger partial charge on any atom is 0.417 e. The molecule has 0 heterocycles. The lowest BCUT2D eigenvalue weighted by Gasteiger charge is -2.13. The van der Waals surface area contributed by atoms with Crippen molar-refractivity contribution in [3.8, 4) is 0 Å². The molecule has 0 aliphatic rings. The molecule has 0 aromatic heterocycles. The van der Waals surface area contributed by atoms with Gasteiger partial charge in [-0.2, -0.15) is 13.2 Å². The SMILES string of the molecule is O=S(=O)(NCc1ccc(F)cc1)c1ccccc1C(F)(F)F. The van der Waals surface area contributed by atoms with Crippen LogP contribution >= 0.6 is 0 Å². The fourth-order valence-corrected chi connectivity index (χ4v) is 3.04. The molecule has 3 nitrogen and oxygen atoms in total. The van der Waals surface area contributed by atoms with Crippen LogP contribution in [0.2, 0.25) is 0 Å². The molecule has 0 bridgehead atoms. The highest BCUT2D eigenvalue weighted by molar-refractivity contribution is 7.89. The Morgan fingerprint density at radius 1 is 0.955 bits per heavy atom. The Balaban J connectivity index is 2.26. The zero-order valence-electron chi connectivity index (χ0n) is 11.1. The summed E-state index contributed by atoms with van der Waals surface area (Å²) < 4.78 is 77.5. The fraction of sp³-hybridized carbons (Fsp3) is 0.143. The molecule has 0 aliphatic heterocycles. The third-order valence-corrected chi connectivity index (χ3v) is 4.32. The topological polar surface area (TPSA) is 46.2 Å². The van der Waals surface area contributed by atoms with Crippen LogP contribution in [0.5, 0.6) is 0 Å². The van der Waals surface area contributed by atoms with E-state index >= 15 is 0 Å². The minimum absolute atomic E-state index is 0.241. The van der Waals surface area contributed by atoms with Crippen molar-refractivity contribution < 1.29 is 26.0 Å². The molecule has 0 amide bonds. The molecule has 0 fully saturated rings. The van der Waals surface area contributed by atoms with E-state index < -0.39 is 32.5 Å². The van der Waals surface area contributed by atoms with Gasteiger partial charge < -0.3 is 0 Å². The average molecular weight is 333 g/mol. The summed E-state index contributed by atoms with van der Waals surface area (Å²) in [5.41, 5.74) is -0.809. The Kier molecular flexibility index (Phi) is 4.52. The van der Waals surface area contributed by atoms with Crippen LogP contribution < -0.4 is 4.72 Å². The summed E-state index contributed by atoms with van der Waals surface area (Å²) in [6, 6.07) is 8.85. The average Bonchev–Trinajstić information content (AvgIpc) is 2.46. The van der Waals surface area contributed by atoms with Gasteiger partial charge in [-0.15, -0.1) is 0 Å². The number of sulfonamides is 1. The molecule has 0 unspecified atom stereocenters. The van der Waals surface area contributed by atoms with Gasteiger partial charge in [-0.3, -0.25) is 0 Å². The third kappa shape index (κ3) is 3.83. The Bertz CT molecular complexity index is 755. The minimum atomic E-state index is -4.78. The zero-order chi connectivity index (χ0) is 16.4. The minimum Gasteiger partial charge on any atom is -0.207 e. The van der Waals surface area contributed by atoms with Gasteiger partial charge in [0, 0.05) is 6.54 Å². The van der Waals surface area contributed by atoms with Gasteiger partial charge >= 0.3 is 6.18 Å². The second-order valence-corrected chi connectivity index (χ2v) is 6.18. The lowest BCUT2D eigenvalue weighted by Crippen LogP contribution is -2.26. The first-order chi connectivity index (χ1) is 10.2. The lowest BCUT2D eigenvalue weighted by atomic mass is 10.2. The number of nitrogens with one attached hydrogen (secondary N) is 1. The highest BCUT2D eigenvalue weighted by Gasteiger charge is 2.36. The number of hydrogen-bond donors (Lipinski definition) is 1. The van der Waals surface area contributed by atoms with E-state index in [1.807, 2.05) is 0 Å².